The molecule has 1 aliphatic rings. The molecule has 2 atom stereocenters. The van der Waals surface area contributed by atoms with E-state index in [0.29, 0.717) is 19.7 Å². The van der Waals surface area contributed by atoms with Gasteiger partial charge in [0, 0.05) is 18.3 Å². The lowest BCUT2D eigenvalue weighted by atomic mass is 10.2. The van der Waals surface area contributed by atoms with Crippen molar-refractivity contribution in [3.8, 4) is 0 Å². The molecule has 0 saturated carbocycles. The summed E-state index contributed by atoms with van der Waals surface area (Å²) in [5.74, 6) is -0.0373. The molecule has 5 heteroatoms. The van der Waals surface area contributed by atoms with Gasteiger partial charge in [0.1, 0.15) is 0 Å². The van der Waals surface area contributed by atoms with Gasteiger partial charge in [0.2, 0.25) is 5.91 Å². The van der Waals surface area contributed by atoms with Crippen LogP contribution >= 0.6 is 0 Å². The number of morpholine rings is 1. The molecule has 1 fully saturated rings. The molecule has 0 radical (unpaired) electrons. The number of carbonyl (C=O) groups is 1. The van der Waals surface area contributed by atoms with Crippen LogP contribution in [0.4, 0.5) is 5.69 Å². The van der Waals surface area contributed by atoms with Crippen LogP contribution in [0.1, 0.15) is 12.5 Å². The van der Waals surface area contributed by atoms with Crippen molar-refractivity contribution >= 4 is 11.6 Å². The maximum Gasteiger partial charge on any atom is 0.238 e. The molecule has 1 saturated heterocycles. The Labute approximate surface area is 119 Å². The van der Waals surface area contributed by atoms with Crippen molar-refractivity contribution < 1.29 is 14.6 Å². The van der Waals surface area contributed by atoms with Gasteiger partial charge in [-0.05, 0) is 25.5 Å². The normalized spacial score (nSPS) is 23.6. The third kappa shape index (κ3) is 3.79. The molecule has 2 N–H and O–H groups in total. The van der Waals surface area contributed by atoms with Gasteiger partial charge in [-0.15, -0.1) is 0 Å². The SMILES string of the molecule is Cc1ccccc1NC(=O)CN1CC(CO)OCC1C. The van der Waals surface area contributed by atoms with Crippen LogP contribution in [0.25, 0.3) is 0 Å². The number of amides is 1. The summed E-state index contributed by atoms with van der Waals surface area (Å²) in [7, 11) is 0. The summed E-state index contributed by atoms with van der Waals surface area (Å²) in [6.07, 6.45) is -0.197. The Kier molecular flexibility index (Phi) is 5.11. The van der Waals surface area contributed by atoms with Crippen molar-refractivity contribution in [1.29, 1.82) is 0 Å². The molecule has 20 heavy (non-hydrogen) atoms. The summed E-state index contributed by atoms with van der Waals surface area (Å²) in [5, 5.41) is 12.1. The fraction of sp³-hybridized carbons (Fsp3) is 0.533. The molecular weight excluding hydrogens is 256 g/mol. The average Bonchev–Trinajstić information content (AvgIpc) is 2.44. The second-order valence-electron chi connectivity index (χ2n) is 5.28. The molecule has 0 spiro atoms. The van der Waals surface area contributed by atoms with E-state index >= 15 is 0 Å². The van der Waals surface area contributed by atoms with Gasteiger partial charge in [0.05, 0.1) is 25.9 Å². The van der Waals surface area contributed by atoms with Gasteiger partial charge < -0.3 is 15.2 Å². The van der Waals surface area contributed by atoms with E-state index < -0.39 is 0 Å². The highest BCUT2D eigenvalue weighted by Crippen LogP contribution is 2.14. The number of anilines is 1. The van der Waals surface area contributed by atoms with Crippen molar-refractivity contribution in [3.05, 3.63) is 29.8 Å². The molecule has 110 valence electrons. The van der Waals surface area contributed by atoms with Gasteiger partial charge >= 0.3 is 0 Å². The summed E-state index contributed by atoms with van der Waals surface area (Å²) in [6.45, 7) is 5.42. The Hall–Kier alpha value is -1.43. The molecule has 0 aromatic heterocycles. The fourth-order valence-electron chi connectivity index (χ4n) is 2.29. The van der Waals surface area contributed by atoms with E-state index in [1.807, 2.05) is 43.0 Å². The van der Waals surface area contributed by atoms with Crippen LogP contribution in [-0.4, -0.2) is 54.4 Å². The molecule has 1 aliphatic heterocycles. The standard InChI is InChI=1S/C15H22N2O3/c1-11-5-3-4-6-14(11)16-15(19)8-17-7-13(9-18)20-10-12(17)2/h3-6,12-13,18H,7-10H2,1-2H3,(H,16,19). The summed E-state index contributed by atoms with van der Waals surface area (Å²) in [5.41, 5.74) is 1.89. The van der Waals surface area contributed by atoms with Crippen LogP contribution in [0.3, 0.4) is 0 Å². The summed E-state index contributed by atoms with van der Waals surface area (Å²) < 4.78 is 5.47. The number of hydrogen-bond acceptors (Lipinski definition) is 4. The Bertz CT molecular complexity index is 464. The predicted molar refractivity (Wildman–Crippen MR) is 77.7 cm³/mol. The second-order valence-corrected chi connectivity index (χ2v) is 5.28. The van der Waals surface area contributed by atoms with Crippen molar-refractivity contribution in [2.24, 2.45) is 0 Å². The minimum absolute atomic E-state index is 0.0113. The molecule has 2 rings (SSSR count). The van der Waals surface area contributed by atoms with Crippen LogP contribution in [0.5, 0.6) is 0 Å². The molecule has 2 unspecified atom stereocenters. The van der Waals surface area contributed by atoms with Crippen LogP contribution in [0.2, 0.25) is 0 Å². The second kappa shape index (κ2) is 6.83. The highest BCUT2D eigenvalue weighted by molar-refractivity contribution is 5.92. The highest BCUT2D eigenvalue weighted by atomic mass is 16.5. The number of aryl methyl sites for hydroxylation is 1. The number of nitrogens with zero attached hydrogens (tertiary/aromatic N) is 1. The fourth-order valence-corrected chi connectivity index (χ4v) is 2.29. The van der Waals surface area contributed by atoms with Gasteiger partial charge in [0.15, 0.2) is 0 Å². The van der Waals surface area contributed by atoms with Crippen molar-refractivity contribution in [2.75, 3.05) is 31.6 Å². The monoisotopic (exact) mass is 278 g/mol. The lowest BCUT2D eigenvalue weighted by Gasteiger charge is -2.36. The summed E-state index contributed by atoms with van der Waals surface area (Å²) >= 11 is 0. The van der Waals surface area contributed by atoms with Gasteiger partial charge in [-0.3, -0.25) is 9.69 Å². The number of rotatable bonds is 4. The van der Waals surface area contributed by atoms with E-state index in [4.69, 9.17) is 9.84 Å². The molecule has 1 amide bonds. The van der Waals surface area contributed by atoms with E-state index in [2.05, 4.69) is 5.32 Å². The largest absolute Gasteiger partial charge is 0.394 e. The van der Waals surface area contributed by atoms with E-state index in [9.17, 15) is 4.79 Å². The lowest BCUT2D eigenvalue weighted by molar-refractivity contribution is -0.122. The van der Waals surface area contributed by atoms with Crippen LogP contribution in [-0.2, 0) is 9.53 Å². The first-order chi connectivity index (χ1) is 9.60. The molecule has 0 bridgehead atoms. The number of carbonyl (C=O) groups excluding carboxylic acids is 1. The number of nitrogens with one attached hydrogen (secondary N) is 1. The van der Waals surface area contributed by atoms with E-state index in [0.717, 1.165) is 11.3 Å². The number of para-hydroxylation sites is 1. The summed E-state index contributed by atoms with van der Waals surface area (Å²) in [4.78, 5) is 14.2. The van der Waals surface area contributed by atoms with Crippen molar-refractivity contribution in [2.45, 2.75) is 26.0 Å². The number of hydrogen-bond donors (Lipinski definition) is 2. The minimum atomic E-state index is -0.197. The quantitative estimate of drug-likeness (QED) is 0.863. The average molecular weight is 278 g/mol. The van der Waals surface area contributed by atoms with Gasteiger partial charge in [-0.2, -0.15) is 0 Å². The molecule has 5 nitrogen and oxygen atoms in total. The minimum Gasteiger partial charge on any atom is -0.394 e. The van der Waals surface area contributed by atoms with E-state index in [1.165, 1.54) is 0 Å². The zero-order valence-corrected chi connectivity index (χ0v) is 12.0. The van der Waals surface area contributed by atoms with Crippen LogP contribution < -0.4 is 5.32 Å². The van der Waals surface area contributed by atoms with Gasteiger partial charge in [-0.1, -0.05) is 18.2 Å². The van der Waals surface area contributed by atoms with Crippen molar-refractivity contribution in [1.82, 2.24) is 4.90 Å². The Morgan fingerprint density at radius 3 is 2.95 bits per heavy atom. The number of ether oxygens (including phenoxy) is 1. The zero-order valence-electron chi connectivity index (χ0n) is 12.0. The van der Waals surface area contributed by atoms with E-state index in [-0.39, 0.29) is 24.7 Å². The Balaban J connectivity index is 1.92. The van der Waals surface area contributed by atoms with Gasteiger partial charge in [0.25, 0.3) is 0 Å². The number of aliphatic hydroxyl groups is 1. The van der Waals surface area contributed by atoms with Crippen molar-refractivity contribution in [3.63, 3.8) is 0 Å². The first-order valence-electron chi connectivity index (χ1n) is 6.92. The number of benzene rings is 1. The maximum absolute atomic E-state index is 12.1. The molecule has 1 aromatic rings. The highest BCUT2D eigenvalue weighted by Gasteiger charge is 2.27. The molecule has 0 aliphatic carbocycles. The van der Waals surface area contributed by atoms with Gasteiger partial charge in [-0.25, -0.2) is 0 Å². The molecule has 1 heterocycles. The molecular formula is C15H22N2O3. The lowest BCUT2D eigenvalue weighted by Crippen LogP contribution is -2.51. The van der Waals surface area contributed by atoms with Crippen LogP contribution in [0.15, 0.2) is 24.3 Å². The summed E-state index contributed by atoms with van der Waals surface area (Å²) in [6, 6.07) is 7.89. The maximum atomic E-state index is 12.1. The third-order valence-electron chi connectivity index (χ3n) is 3.60. The zero-order chi connectivity index (χ0) is 14.5. The first kappa shape index (κ1) is 15.0. The predicted octanol–water partition coefficient (Wildman–Crippen LogP) is 1.02. The smallest absolute Gasteiger partial charge is 0.238 e. The topological polar surface area (TPSA) is 61.8 Å². The number of aliphatic hydroxyl groups excluding tert-OH is 1. The Morgan fingerprint density at radius 1 is 1.50 bits per heavy atom. The third-order valence-corrected chi connectivity index (χ3v) is 3.60. The first-order valence-corrected chi connectivity index (χ1v) is 6.92. The van der Waals surface area contributed by atoms with E-state index in [1.54, 1.807) is 0 Å². The Morgan fingerprint density at radius 2 is 2.25 bits per heavy atom. The molecule has 1 aromatic carbocycles. The van der Waals surface area contributed by atoms with Crippen LogP contribution in [0, 0.1) is 6.92 Å².